The Morgan fingerprint density at radius 1 is 0.949 bits per heavy atom. The fraction of sp³-hybridized carbons (Fsp3) is 0.455. The Morgan fingerprint density at radius 2 is 1.66 bits per heavy atom. The molecule has 0 radical (unpaired) electrons. The average molecular weight is 829 g/mol. The molecule has 3 aliphatic heterocycles. The van der Waals surface area contributed by atoms with Crippen LogP contribution < -0.4 is 19.9 Å². The lowest BCUT2D eigenvalue weighted by Crippen LogP contribution is -2.48. The molecule has 3 amide bonds. The molecule has 0 bridgehead atoms. The van der Waals surface area contributed by atoms with Gasteiger partial charge >= 0.3 is 6.18 Å². The van der Waals surface area contributed by atoms with Gasteiger partial charge in [-0.25, -0.2) is 0 Å². The summed E-state index contributed by atoms with van der Waals surface area (Å²) in [6.07, 6.45) is -0.0111. The number of rotatable bonds is 13. The number of hydrogen-bond acceptors (Lipinski definition) is 9. The first-order chi connectivity index (χ1) is 28.1. The molecular formula is C44H47F3N6O5S. The molecule has 0 aromatic heterocycles. The summed E-state index contributed by atoms with van der Waals surface area (Å²) in [4.78, 5) is 57.9. The Labute approximate surface area is 347 Å². The number of Topliss-reactive ketones (excluding diaryl/α,β-unsaturated/α-hetero) is 1. The maximum absolute atomic E-state index is 13.8. The molecule has 1 unspecified atom stereocenters. The first-order valence-electron chi connectivity index (χ1n) is 20.1. The summed E-state index contributed by atoms with van der Waals surface area (Å²) in [5, 5.41) is 11.7. The average Bonchev–Trinajstić information content (AvgIpc) is 3.34. The number of piperidine rings is 1. The van der Waals surface area contributed by atoms with Crippen LogP contribution in [0, 0.1) is 17.2 Å². The first kappa shape index (κ1) is 42.0. The molecule has 3 saturated heterocycles. The van der Waals surface area contributed by atoms with Crippen molar-refractivity contribution in [2.24, 2.45) is 5.92 Å². The number of ether oxygens (including phenoxy) is 1. The molecule has 3 aromatic carbocycles. The molecular weight excluding hydrogens is 782 g/mol. The largest absolute Gasteiger partial charge is 0.492 e. The lowest BCUT2D eigenvalue weighted by Gasteiger charge is -2.34. The van der Waals surface area contributed by atoms with E-state index >= 15 is 0 Å². The van der Waals surface area contributed by atoms with Gasteiger partial charge in [0.15, 0.2) is 10.9 Å². The minimum absolute atomic E-state index is 0.0446. The number of imide groups is 1. The summed E-state index contributed by atoms with van der Waals surface area (Å²) in [5.74, 6) is -0.0489. The van der Waals surface area contributed by atoms with Crippen LogP contribution in [-0.4, -0.2) is 89.8 Å². The van der Waals surface area contributed by atoms with Crippen molar-refractivity contribution in [1.29, 1.82) is 5.26 Å². The number of nitriles is 1. The van der Waals surface area contributed by atoms with Crippen molar-refractivity contribution in [2.45, 2.75) is 76.4 Å². The van der Waals surface area contributed by atoms with Crippen LogP contribution in [0.15, 0.2) is 60.7 Å². The number of ketones is 1. The fourth-order valence-corrected chi connectivity index (χ4v) is 8.90. The lowest BCUT2D eigenvalue weighted by atomic mass is 9.79. The van der Waals surface area contributed by atoms with E-state index in [1.165, 1.54) is 6.07 Å². The molecule has 3 heterocycles. The van der Waals surface area contributed by atoms with E-state index in [4.69, 9.17) is 17.0 Å². The molecule has 1 aliphatic carbocycles. The Hall–Kier alpha value is -5.17. The van der Waals surface area contributed by atoms with Crippen LogP contribution in [0.1, 0.15) is 79.7 Å². The molecule has 0 spiro atoms. The van der Waals surface area contributed by atoms with Crippen LogP contribution in [0.25, 0.3) is 0 Å². The minimum Gasteiger partial charge on any atom is -0.492 e. The third-order valence-electron chi connectivity index (χ3n) is 11.9. The third-order valence-corrected chi connectivity index (χ3v) is 12.3. The molecule has 3 aromatic rings. The maximum Gasteiger partial charge on any atom is 0.417 e. The number of piperazine rings is 1. The van der Waals surface area contributed by atoms with Gasteiger partial charge < -0.3 is 9.64 Å². The summed E-state index contributed by atoms with van der Waals surface area (Å²) in [7, 11) is 0. The number of nitrogens with one attached hydrogen (secondary N) is 1. The van der Waals surface area contributed by atoms with E-state index in [1.54, 1.807) is 24.8 Å². The van der Waals surface area contributed by atoms with Crippen molar-refractivity contribution < 1.29 is 37.1 Å². The van der Waals surface area contributed by atoms with E-state index in [0.29, 0.717) is 51.1 Å². The molecule has 4 aliphatic rings. The maximum atomic E-state index is 13.8. The van der Waals surface area contributed by atoms with Crippen LogP contribution >= 0.6 is 12.2 Å². The van der Waals surface area contributed by atoms with Crippen molar-refractivity contribution in [3.05, 3.63) is 88.5 Å². The van der Waals surface area contributed by atoms with Crippen LogP contribution in [0.2, 0.25) is 0 Å². The highest BCUT2D eigenvalue weighted by molar-refractivity contribution is 7.81. The van der Waals surface area contributed by atoms with Gasteiger partial charge in [0.2, 0.25) is 11.8 Å². The number of benzene rings is 3. The van der Waals surface area contributed by atoms with Crippen LogP contribution in [-0.2, 0) is 38.2 Å². The Kier molecular flexibility index (Phi) is 12.2. The zero-order valence-corrected chi connectivity index (χ0v) is 34.0. The second kappa shape index (κ2) is 17.2. The molecule has 15 heteroatoms. The molecule has 4 fully saturated rings. The van der Waals surface area contributed by atoms with Gasteiger partial charge in [-0.05, 0) is 111 Å². The minimum atomic E-state index is -4.79. The predicted molar refractivity (Wildman–Crippen MR) is 219 cm³/mol. The molecule has 1 atom stereocenters. The fourth-order valence-electron chi connectivity index (χ4n) is 8.38. The third kappa shape index (κ3) is 9.20. The summed E-state index contributed by atoms with van der Waals surface area (Å²) >= 11 is 5.78. The number of alkyl halides is 3. The van der Waals surface area contributed by atoms with E-state index in [9.17, 15) is 37.6 Å². The number of amides is 3. The van der Waals surface area contributed by atoms with Gasteiger partial charge in [0.1, 0.15) is 17.9 Å². The molecule has 59 heavy (non-hydrogen) atoms. The summed E-state index contributed by atoms with van der Waals surface area (Å²) in [5.41, 5.74) is 0.605. The Morgan fingerprint density at radius 3 is 2.34 bits per heavy atom. The molecule has 1 N–H and O–H groups in total. The second-order valence-electron chi connectivity index (χ2n) is 16.4. The van der Waals surface area contributed by atoms with E-state index in [0.717, 1.165) is 84.9 Å². The van der Waals surface area contributed by atoms with Crippen molar-refractivity contribution in [3.8, 4) is 11.8 Å². The number of anilines is 2. The second-order valence-corrected chi connectivity index (χ2v) is 16.7. The van der Waals surface area contributed by atoms with Crippen molar-refractivity contribution in [2.75, 3.05) is 55.7 Å². The normalized spacial score (nSPS) is 20.4. The summed E-state index contributed by atoms with van der Waals surface area (Å²) in [6, 6.07) is 18.2. The van der Waals surface area contributed by atoms with Crippen LogP contribution in [0.5, 0.6) is 5.75 Å². The summed E-state index contributed by atoms with van der Waals surface area (Å²) in [6.45, 7) is 7.98. The monoisotopic (exact) mass is 828 g/mol. The number of hydrogen-bond donors (Lipinski definition) is 1. The smallest absolute Gasteiger partial charge is 0.417 e. The number of carbonyl (C=O) groups is 4. The predicted octanol–water partition coefficient (Wildman–Crippen LogP) is 6.16. The standard InChI is InChI=1S/C44H47F3N6O5S/c1-43(2)41(57)52(33-11-9-32(26-48)37(25-33)44(45,46)47)42(59)53(43)34-12-13-38(36(24-34)30-7-4-8-30)58-20-19-50-15-17-51(18-16-50)27-35(54)23-29-6-3-5-28(21-29)22-31-10-14-39(55)49-40(31)56/h3,5-6,9,11-13,21,24-25,30-31H,4,7-8,10,14-20,22-23,27H2,1-2H3,(H,49,55,56). The van der Waals surface area contributed by atoms with Gasteiger partial charge in [0.25, 0.3) is 5.91 Å². The van der Waals surface area contributed by atoms with Gasteiger partial charge in [-0.2, -0.15) is 18.4 Å². The number of halogens is 3. The molecule has 310 valence electrons. The van der Waals surface area contributed by atoms with Crippen molar-refractivity contribution >= 4 is 52.2 Å². The SMILES string of the molecule is CC1(C)C(=O)N(c2ccc(C#N)c(C(F)(F)F)c2)C(=S)N1c1ccc(OCCN2CCN(CC(=O)Cc3cccc(CC4CCC(=O)NC4=O)c3)CC2)c(C2CCC2)c1. The first-order valence-corrected chi connectivity index (χ1v) is 20.5. The highest BCUT2D eigenvalue weighted by Gasteiger charge is 2.51. The van der Waals surface area contributed by atoms with E-state index in [-0.39, 0.29) is 40.2 Å². The van der Waals surface area contributed by atoms with Crippen LogP contribution in [0.4, 0.5) is 24.5 Å². The molecule has 1 saturated carbocycles. The van der Waals surface area contributed by atoms with Gasteiger partial charge in [0, 0.05) is 57.2 Å². The van der Waals surface area contributed by atoms with Gasteiger partial charge in [-0.15, -0.1) is 0 Å². The Balaban J connectivity index is 0.927. The number of nitrogens with zero attached hydrogens (tertiary/aromatic N) is 5. The lowest BCUT2D eigenvalue weighted by molar-refractivity contribution is -0.138. The quantitative estimate of drug-likeness (QED) is 0.158. The highest BCUT2D eigenvalue weighted by atomic mass is 32.1. The molecule has 7 rings (SSSR count). The van der Waals surface area contributed by atoms with Gasteiger partial charge in [-0.3, -0.25) is 39.2 Å². The van der Waals surface area contributed by atoms with E-state index in [2.05, 4.69) is 15.1 Å². The topological polar surface area (TPSA) is 126 Å². The highest BCUT2D eigenvalue weighted by Crippen LogP contribution is 2.45. The van der Waals surface area contributed by atoms with Gasteiger partial charge in [-0.1, -0.05) is 30.7 Å². The van der Waals surface area contributed by atoms with Crippen molar-refractivity contribution in [1.82, 2.24) is 15.1 Å². The number of carbonyl (C=O) groups excluding carboxylic acids is 4. The number of thiocarbonyl (C=S) groups is 1. The summed E-state index contributed by atoms with van der Waals surface area (Å²) < 4.78 is 47.9. The zero-order chi connectivity index (χ0) is 42.1. The van der Waals surface area contributed by atoms with E-state index in [1.807, 2.05) is 42.5 Å². The Bertz CT molecular complexity index is 2190. The van der Waals surface area contributed by atoms with E-state index < -0.39 is 28.7 Å². The van der Waals surface area contributed by atoms with Crippen molar-refractivity contribution in [3.63, 3.8) is 0 Å². The van der Waals surface area contributed by atoms with Crippen LogP contribution in [0.3, 0.4) is 0 Å². The zero-order valence-electron chi connectivity index (χ0n) is 33.1. The molecule has 11 nitrogen and oxygen atoms in total. The van der Waals surface area contributed by atoms with Gasteiger partial charge in [0.05, 0.1) is 29.4 Å².